The molecule has 0 bridgehead atoms. The Morgan fingerprint density at radius 3 is 2.58 bits per heavy atom. The highest BCUT2D eigenvalue weighted by Gasteiger charge is 2.19. The molecule has 0 N–H and O–H groups in total. The second kappa shape index (κ2) is 8.48. The van der Waals surface area contributed by atoms with E-state index < -0.39 is 0 Å². The van der Waals surface area contributed by atoms with Gasteiger partial charge in [0.25, 0.3) is 0 Å². The van der Waals surface area contributed by atoms with Gasteiger partial charge in [-0.15, -0.1) is 10.2 Å². The van der Waals surface area contributed by atoms with Gasteiger partial charge in [0.15, 0.2) is 10.3 Å². The number of rotatable bonds is 7. The summed E-state index contributed by atoms with van der Waals surface area (Å²) in [6, 6.07) is 1.94. The minimum Gasteiger partial charge on any atom is -0.465 e. The number of hydrogen-bond acceptors (Lipinski definition) is 8. The Morgan fingerprint density at radius 1 is 1.29 bits per heavy atom. The summed E-state index contributed by atoms with van der Waals surface area (Å²) in [4.78, 5) is 20.5. The molecule has 2 rings (SSSR count). The van der Waals surface area contributed by atoms with E-state index in [0.717, 1.165) is 22.4 Å². The number of ether oxygens (including phenoxy) is 1. The van der Waals surface area contributed by atoms with E-state index in [0.29, 0.717) is 17.5 Å². The molecule has 9 heteroatoms. The van der Waals surface area contributed by atoms with Crippen LogP contribution in [0.2, 0.25) is 0 Å². The summed E-state index contributed by atoms with van der Waals surface area (Å²) in [7, 11) is 1.89. The summed E-state index contributed by atoms with van der Waals surface area (Å²) in [5.41, 5.74) is 1.89. The summed E-state index contributed by atoms with van der Waals surface area (Å²) in [5, 5.41) is 9.45. The monoisotopic (exact) mass is 367 g/mol. The van der Waals surface area contributed by atoms with E-state index in [1.807, 2.05) is 31.5 Å². The number of aromatic nitrogens is 5. The number of carbonyl (C=O) groups excluding carboxylic acids is 1. The summed E-state index contributed by atoms with van der Waals surface area (Å²) in [6.07, 6.45) is 0. The standard InChI is InChI=1S/C15H21N5O2S2/c1-6-22-13(21)11(4)24-15-19-18-12(20(15)5)8-23-14-16-9(2)7-10(3)17-14/h7,11H,6,8H2,1-5H3. The Balaban J connectivity index is 2.00. The fourth-order valence-electron chi connectivity index (χ4n) is 1.93. The molecule has 0 spiro atoms. The van der Waals surface area contributed by atoms with Crippen molar-refractivity contribution in [2.45, 2.75) is 49.0 Å². The Labute approximate surface area is 150 Å². The minimum absolute atomic E-state index is 0.245. The second-order valence-corrected chi connectivity index (χ2v) is 7.44. The van der Waals surface area contributed by atoms with Crippen molar-refractivity contribution >= 4 is 29.5 Å². The van der Waals surface area contributed by atoms with Crippen molar-refractivity contribution in [3.63, 3.8) is 0 Å². The lowest BCUT2D eigenvalue weighted by Crippen LogP contribution is -2.17. The quantitative estimate of drug-likeness (QED) is 0.419. The van der Waals surface area contributed by atoms with Gasteiger partial charge in [-0.05, 0) is 33.8 Å². The first-order valence-corrected chi connectivity index (χ1v) is 9.43. The summed E-state index contributed by atoms with van der Waals surface area (Å²) in [5.74, 6) is 1.17. The van der Waals surface area contributed by atoms with E-state index in [1.54, 1.807) is 13.8 Å². The average Bonchev–Trinajstić information content (AvgIpc) is 2.85. The molecule has 0 aliphatic heterocycles. The predicted molar refractivity (Wildman–Crippen MR) is 94.0 cm³/mol. The van der Waals surface area contributed by atoms with Crippen LogP contribution in [-0.4, -0.2) is 42.6 Å². The molecule has 2 aromatic rings. The first-order chi connectivity index (χ1) is 11.4. The van der Waals surface area contributed by atoms with Gasteiger partial charge in [-0.2, -0.15) is 0 Å². The van der Waals surface area contributed by atoms with Gasteiger partial charge in [0.1, 0.15) is 11.1 Å². The van der Waals surface area contributed by atoms with Crippen LogP contribution >= 0.6 is 23.5 Å². The number of aryl methyl sites for hydroxylation is 2. The zero-order chi connectivity index (χ0) is 17.7. The molecule has 2 heterocycles. The molecule has 0 saturated heterocycles. The third kappa shape index (κ3) is 4.94. The Hall–Kier alpha value is -1.61. The van der Waals surface area contributed by atoms with Crippen LogP contribution in [0, 0.1) is 13.8 Å². The van der Waals surface area contributed by atoms with Crippen LogP contribution in [0.5, 0.6) is 0 Å². The molecular weight excluding hydrogens is 346 g/mol. The van der Waals surface area contributed by atoms with Crippen LogP contribution < -0.4 is 0 Å². The smallest absolute Gasteiger partial charge is 0.319 e. The highest BCUT2D eigenvalue weighted by molar-refractivity contribution is 8.00. The van der Waals surface area contributed by atoms with Crippen LogP contribution in [0.15, 0.2) is 16.4 Å². The first kappa shape index (κ1) is 18.7. The SMILES string of the molecule is CCOC(=O)C(C)Sc1nnc(CSc2nc(C)cc(C)n2)n1C. The maximum Gasteiger partial charge on any atom is 0.319 e. The molecular formula is C15H21N5O2S2. The van der Waals surface area contributed by atoms with Crippen molar-refractivity contribution < 1.29 is 9.53 Å². The van der Waals surface area contributed by atoms with Crippen LogP contribution in [0.1, 0.15) is 31.1 Å². The lowest BCUT2D eigenvalue weighted by molar-refractivity contribution is -0.142. The number of hydrogen-bond donors (Lipinski definition) is 0. The van der Waals surface area contributed by atoms with Crippen molar-refractivity contribution in [2.24, 2.45) is 7.05 Å². The zero-order valence-corrected chi connectivity index (χ0v) is 16.1. The maximum absolute atomic E-state index is 11.7. The van der Waals surface area contributed by atoms with E-state index in [2.05, 4.69) is 20.2 Å². The van der Waals surface area contributed by atoms with Crippen molar-refractivity contribution in [2.75, 3.05) is 6.61 Å². The molecule has 7 nitrogen and oxygen atoms in total. The molecule has 0 aromatic carbocycles. The minimum atomic E-state index is -0.323. The summed E-state index contributed by atoms with van der Waals surface area (Å²) < 4.78 is 6.90. The third-order valence-corrected chi connectivity index (χ3v) is 5.07. The van der Waals surface area contributed by atoms with Crippen LogP contribution in [0.25, 0.3) is 0 Å². The maximum atomic E-state index is 11.7. The molecule has 0 amide bonds. The van der Waals surface area contributed by atoms with Gasteiger partial charge in [-0.1, -0.05) is 23.5 Å². The number of esters is 1. The van der Waals surface area contributed by atoms with Crippen LogP contribution in [0.4, 0.5) is 0 Å². The average molecular weight is 368 g/mol. The predicted octanol–water partition coefficient (Wildman–Crippen LogP) is 2.56. The van der Waals surface area contributed by atoms with Gasteiger partial charge in [0.2, 0.25) is 0 Å². The molecule has 0 fully saturated rings. The molecule has 0 aliphatic rings. The highest BCUT2D eigenvalue weighted by atomic mass is 32.2. The molecule has 2 aromatic heterocycles. The van der Waals surface area contributed by atoms with Gasteiger partial charge in [0, 0.05) is 18.4 Å². The van der Waals surface area contributed by atoms with Crippen LogP contribution in [0.3, 0.4) is 0 Å². The lowest BCUT2D eigenvalue weighted by atomic mass is 10.4. The zero-order valence-electron chi connectivity index (χ0n) is 14.4. The van der Waals surface area contributed by atoms with Crippen molar-refractivity contribution in [1.82, 2.24) is 24.7 Å². The van der Waals surface area contributed by atoms with E-state index in [9.17, 15) is 4.79 Å². The number of nitrogens with zero attached hydrogens (tertiary/aromatic N) is 5. The lowest BCUT2D eigenvalue weighted by Gasteiger charge is -2.09. The molecule has 0 saturated carbocycles. The van der Waals surface area contributed by atoms with Crippen molar-refractivity contribution in [3.8, 4) is 0 Å². The Kier molecular flexibility index (Phi) is 6.61. The largest absolute Gasteiger partial charge is 0.465 e. The summed E-state index contributed by atoms with van der Waals surface area (Å²) in [6.45, 7) is 7.87. The van der Waals surface area contributed by atoms with Crippen molar-refractivity contribution in [3.05, 3.63) is 23.3 Å². The molecule has 130 valence electrons. The van der Waals surface area contributed by atoms with Gasteiger partial charge < -0.3 is 9.30 Å². The van der Waals surface area contributed by atoms with Gasteiger partial charge in [-0.25, -0.2) is 9.97 Å². The topological polar surface area (TPSA) is 82.8 Å². The molecule has 0 radical (unpaired) electrons. The van der Waals surface area contributed by atoms with Crippen molar-refractivity contribution in [1.29, 1.82) is 0 Å². The molecule has 0 aliphatic carbocycles. The Bertz CT molecular complexity index is 700. The first-order valence-electron chi connectivity index (χ1n) is 7.57. The number of carbonyl (C=O) groups is 1. The molecule has 1 unspecified atom stereocenters. The molecule has 24 heavy (non-hydrogen) atoms. The fourth-order valence-corrected chi connectivity index (χ4v) is 3.69. The molecule has 1 atom stereocenters. The van der Waals surface area contributed by atoms with Gasteiger partial charge in [0.05, 0.1) is 12.4 Å². The summed E-state index contributed by atoms with van der Waals surface area (Å²) >= 11 is 2.86. The second-order valence-electron chi connectivity index (χ2n) is 5.19. The van der Waals surface area contributed by atoms with Crippen LogP contribution in [-0.2, 0) is 22.3 Å². The highest BCUT2D eigenvalue weighted by Crippen LogP contribution is 2.25. The van der Waals surface area contributed by atoms with Gasteiger partial charge in [-0.3, -0.25) is 4.79 Å². The number of thioether (sulfide) groups is 2. The van der Waals surface area contributed by atoms with E-state index >= 15 is 0 Å². The van der Waals surface area contributed by atoms with E-state index in [1.165, 1.54) is 23.5 Å². The van der Waals surface area contributed by atoms with E-state index in [-0.39, 0.29) is 11.2 Å². The normalized spacial score (nSPS) is 12.2. The Morgan fingerprint density at radius 2 is 1.96 bits per heavy atom. The van der Waals surface area contributed by atoms with E-state index in [4.69, 9.17) is 4.74 Å². The third-order valence-electron chi connectivity index (χ3n) is 3.12. The van der Waals surface area contributed by atoms with Gasteiger partial charge >= 0.3 is 5.97 Å². The fraction of sp³-hybridized carbons (Fsp3) is 0.533.